The third-order valence-corrected chi connectivity index (χ3v) is 1.20. The fourth-order valence-electron chi connectivity index (χ4n) is 0.666. The van der Waals surface area contributed by atoms with Gasteiger partial charge in [0.25, 0.3) is 0 Å². The van der Waals surface area contributed by atoms with Gasteiger partial charge in [0.2, 0.25) is 0 Å². The van der Waals surface area contributed by atoms with E-state index in [1.807, 2.05) is 28.2 Å². The van der Waals surface area contributed by atoms with Gasteiger partial charge in [-0.25, -0.2) is 9.79 Å². The van der Waals surface area contributed by atoms with Crippen LogP contribution >= 0.6 is 0 Å². The Labute approximate surface area is 84.7 Å². The van der Waals surface area contributed by atoms with Crippen molar-refractivity contribution < 1.29 is 9.53 Å². The number of rotatable bonds is 4. The molecule has 0 bridgehead atoms. The van der Waals surface area contributed by atoms with Gasteiger partial charge in [-0.05, 0) is 0 Å². The zero-order valence-corrected chi connectivity index (χ0v) is 9.31. The quantitative estimate of drug-likeness (QED) is 0.280. The van der Waals surface area contributed by atoms with Crippen molar-refractivity contribution in [2.45, 2.75) is 0 Å². The van der Waals surface area contributed by atoms with E-state index in [9.17, 15) is 4.79 Å². The first kappa shape index (κ1) is 12.5. The number of aliphatic imine (C=N–C) groups is 1. The molecule has 0 N–H and O–H groups in total. The molecule has 0 aromatic rings. The van der Waals surface area contributed by atoms with Crippen LogP contribution < -0.4 is 0 Å². The second-order valence-corrected chi connectivity index (χ2v) is 3.18. The lowest BCUT2D eigenvalue weighted by molar-refractivity contribution is -0.136. The lowest BCUT2D eigenvalue weighted by Crippen LogP contribution is -2.13. The fraction of sp³-hybridized carbons (Fsp3) is 0.556. The highest BCUT2D eigenvalue weighted by Gasteiger charge is 2.07. The summed E-state index contributed by atoms with van der Waals surface area (Å²) in [4.78, 5) is 18.7. The van der Waals surface area contributed by atoms with Crippen LogP contribution in [0, 0.1) is 0 Å². The summed E-state index contributed by atoms with van der Waals surface area (Å²) in [6, 6.07) is 0. The average molecular weight is 199 g/mol. The summed E-state index contributed by atoms with van der Waals surface area (Å²) in [5.74, 6) is -0.447. The summed E-state index contributed by atoms with van der Waals surface area (Å²) >= 11 is 0. The molecule has 0 aromatic carbocycles. The minimum Gasteiger partial charge on any atom is -0.464 e. The molecule has 0 saturated carbocycles. The van der Waals surface area contributed by atoms with Crippen molar-refractivity contribution >= 4 is 12.3 Å². The van der Waals surface area contributed by atoms with Crippen LogP contribution in [0.1, 0.15) is 0 Å². The highest BCUT2D eigenvalue weighted by molar-refractivity contribution is 5.89. The second-order valence-electron chi connectivity index (χ2n) is 3.18. The molecule has 5 heteroatoms. The third-order valence-electron chi connectivity index (χ3n) is 1.20. The molecule has 0 atom stereocenters. The van der Waals surface area contributed by atoms with Crippen LogP contribution in [0.25, 0.3) is 0 Å². The van der Waals surface area contributed by atoms with Crippen molar-refractivity contribution in [2.24, 2.45) is 4.99 Å². The largest absolute Gasteiger partial charge is 0.464 e. The van der Waals surface area contributed by atoms with E-state index in [1.54, 1.807) is 22.3 Å². The van der Waals surface area contributed by atoms with Gasteiger partial charge in [-0.3, -0.25) is 0 Å². The van der Waals surface area contributed by atoms with Gasteiger partial charge in [-0.2, -0.15) is 0 Å². The van der Waals surface area contributed by atoms with Gasteiger partial charge in [-0.15, -0.1) is 0 Å². The molecule has 0 aromatic heterocycles. The molecule has 0 aliphatic heterocycles. The maximum atomic E-state index is 11.2. The second kappa shape index (κ2) is 6.01. The first-order valence-corrected chi connectivity index (χ1v) is 4.14. The Morgan fingerprint density at radius 3 is 2.14 bits per heavy atom. The Kier molecular flexibility index (Phi) is 5.36. The molecule has 0 aliphatic carbocycles. The zero-order chi connectivity index (χ0) is 11.1. The normalized spacial score (nSPS) is 11.6. The van der Waals surface area contributed by atoms with E-state index in [-0.39, 0.29) is 5.70 Å². The smallest absolute Gasteiger partial charge is 0.358 e. The number of hydrogen-bond donors (Lipinski definition) is 0. The van der Waals surface area contributed by atoms with Crippen LogP contribution in [0.15, 0.2) is 16.9 Å². The predicted octanol–water partition coefficient (Wildman–Crippen LogP) is 0.152. The molecular formula is C9H17N3O2. The molecular weight excluding hydrogens is 182 g/mol. The van der Waals surface area contributed by atoms with Crippen molar-refractivity contribution in [1.82, 2.24) is 9.80 Å². The zero-order valence-electron chi connectivity index (χ0n) is 9.31. The number of hydrogen-bond acceptors (Lipinski definition) is 4. The number of carbonyl (C=O) groups is 1. The SMILES string of the molecule is COC(=O)C(=C/N(C)C)/N=C/N(C)C. The Morgan fingerprint density at radius 2 is 1.79 bits per heavy atom. The monoisotopic (exact) mass is 199 g/mol. The predicted molar refractivity (Wildman–Crippen MR) is 56.0 cm³/mol. The van der Waals surface area contributed by atoms with Gasteiger partial charge in [0.05, 0.1) is 13.4 Å². The molecule has 80 valence electrons. The van der Waals surface area contributed by atoms with Gasteiger partial charge in [0.1, 0.15) is 0 Å². The van der Waals surface area contributed by atoms with E-state index in [2.05, 4.69) is 9.73 Å². The lowest BCUT2D eigenvalue weighted by atomic mass is 10.5. The number of carbonyl (C=O) groups excluding carboxylic acids is 1. The Bertz CT molecular complexity index is 244. The highest BCUT2D eigenvalue weighted by atomic mass is 16.5. The van der Waals surface area contributed by atoms with Crippen molar-refractivity contribution in [3.63, 3.8) is 0 Å². The van der Waals surface area contributed by atoms with Crippen LogP contribution in [0.2, 0.25) is 0 Å². The van der Waals surface area contributed by atoms with Gasteiger partial charge in [0, 0.05) is 34.4 Å². The first-order valence-electron chi connectivity index (χ1n) is 4.14. The van der Waals surface area contributed by atoms with Crippen LogP contribution in [0.3, 0.4) is 0 Å². The van der Waals surface area contributed by atoms with Crippen LogP contribution in [-0.2, 0) is 9.53 Å². The van der Waals surface area contributed by atoms with Crippen molar-refractivity contribution in [1.29, 1.82) is 0 Å². The Balaban J connectivity index is 4.65. The molecule has 0 unspecified atom stereocenters. The summed E-state index contributed by atoms with van der Waals surface area (Å²) in [7, 11) is 8.61. The van der Waals surface area contributed by atoms with Crippen LogP contribution in [0.5, 0.6) is 0 Å². The maximum absolute atomic E-state index is 11.2. The first-order chi connectivity index (χ1) is 6.47. The fourth-order valence-corrected chi connectivity index (χ4v) is 0.666. The van der Waals surface area contributed by atoms with E-state index in [1.165, 1.54) is 7.11 Å². The highest BCUT2D eigenvalue weighted by Crippen LogP contribution is 1.99. The van der Waals surface area contributed by atoms with E-state index < -0.39 is 5.97 Å². The Morgan fingerprint density at radius 1 is 1.21 bits per heavy atom. The standard InChI is InChI=1S/C9H17N3O2/c1-11(2)6-8(9(13)14-5)10-7-12(3)4/h6-7H,1-5H3/b8-6-,10-7+. The molecule has 0 fully saturated rings. The molecule has 0 heterocycles. The molecule has 0 spiro atoms. The average Bonchev–Trinajstić information content (AvgIpc) is 2.10. The van der Waals surface area contributed by atoms with Gasteiger partial charge < -0.3 is 14.5 Å². The van der Waals surface area contributed by atoms with E-state index >= 15 is 0 Å². The molecule has 0 saturated heterocycles. The van der Waals surface area contributed by atoms with Crippen LogP contribution in [-0.4, -0.2) is 57.4 Å². The molecule has 0 rings (SSSR count). The number of methoxy groups -OCH3 is 1. The maximum Gasteiger partial charge on any atom is 0.358 e. The van der Waals surface area contributed by atoms with Gasteiger partial charge >= 0.3 is 5.97 Å². The summed E-state index contributed by atoms with van der Waals surface area (Å²) in [6.07, 6.45) is 3.15. The van der Waals surface area contributed by atoms with E-state index in [0.29, 0.717) is 0 Å². The summed E-state index contributed by atoms with van der Waals surface area (Å²) in [5, 5.41) is 0. The summed E-state index contributed by atoms with van der Waals surface area (Å²) < 4.78 is 4.58. The summed E-state index contributed by atoms with van der Waals surface area (Å²) in [6.45, 7) is 0. The minimum absolute atomic E-state index is 0.270. The van der Waals surface area contributed by atoms with Gasteiger partial charge in [0.15, 0.2) is 5.70 Å². The molecule has 0 radical (unpaired) electrons. The number of nitrogens with zero attached hydrogens (tertiary/aromatic N) is 3. The van der Waals surface area contributed by atoms with E-state index in [0.717, 1.165) is 0 Å². The van der Waals surface area contributed by atoms with Crippen LogP contribution in [0.4, 0.5) is 0 Å². The van der Waals surface area contributed by atoms with Gasteiger partial charge in [-0.1, -0.05) is 0 Å². The molecule has 0 amide bonds. The lowest BCUT2D eigenvalue weighted by Gasteiger charge is -2.08. The third kappa shape index (κ3) is 5.18. The molecule has 14 heavy (non-hydrogen) atoms. The van der Waals surface area contributed by atoms with E-state index in [4.69, 9.17) is 0 Å². The number of ether oxygens (including phenoxy) is 1. The van der Waals surface area contributed by atoms with Crippen molar-refractivity contribution in [3.8, 4) is 0 Å². The molecule has 5 nitrogen and oxygen atoms in total. The topological polar surface area (TPSA) is 45.1 Å². The molecule has 0 aliphatic rings. The Hall–Kier alpha value is -1.52. The van der Waals surface area contributed by atoms with Crippen molar-refractivity contribution in [3.05, 3.63) is 11.9 Å². The van der Waals surface area contributed by atoms with Crippen molar-refractivity contribution in [2.75, 3.05) is 35.3 Å². The minimum atomic E-state index is -0.447. The summed E-state index contributed by atoms with van der Waals surface area (Å²) in [5.41, 5.74) is 0.270. The number of esters is 1.